The monoisotopic (exact) mass is 358 g/mol. The highest BCUT2D eigenvalue weighted by Gasteiger charge is 2.07. The van der Waals surface area contributed by atoms with Crippen molar-refractivity contribution in [2.45, 2.75) is 25.8 Å². The molecule has 0 unspecified atom stereocenters. The second-order valence-electron chi connectivity index (χ2n) is 6.31. The lowest BCUT2D eigenvalue weighted by atomic mass is 10.1. The fraction of sp³-hybridized carbons (Fsp3) is 0.400. The SMILES string of the molecule is COc1ccc(CN(C)CCCCc2ccc([N+](=O)[O-])cc2)cc1OC. The number of unbranched alkanes of at least 4 members (excludes halogenated alkanes) is 1. The van der Waals surface area contributed by atoms with Gasteiger partial charge in [-0.1, -0.05) is 18.2 Å². The molecule has 6 heteroatoms. The molecule has 0 heterocycles. The lowest BCUT2D eigenvalue weighted by Crippen LogP contribution is -2.19. The molecule has 0 fully saturated rings. The smallest absolute Gasteiger partial charge is 0.269 e. The molecule has 0 radical (unpaired) electrons. The third-order valence-corrected chi connectivity index (χ3v) is 4.30. The predicted molar refractivity (Wildman–Crippen MR) is 102 cm³/mol. The topological polar surface area (TPSA) is 64.8 Å². The van der Waals surface area contributed by atoms with Crippen LogP contribution in [0.4, 0.5) is 5.69 Å². The van der Waals surface area contributed by atoms with Crippen LogP contribution < -0.4 is 9.47 Å². The molecule has 0 aliphatic carbocycles. The van der Waals surface area contributed by atoms with Crippen LogP contribution in [0.5, 0.6) is 11.5 Å². The molecule has 0 bridgehead atoms. The molecule has 2 aromatic rings. The van der Waals surface area contributed by atoms with Crippen LogP contribution in [0.2, 0.25) is 0 Å². The summed E-state index contributed by atoms with van der Waals surface area (Å²) in [5.41, 5.74) is 2.46. The summed E-state index contributed by atoms with van der Waals surface area (Å²) in [6.07, 6.45) is 3.05. The van der Waals surface area contributed by atoms with Gasteiger partial charge in [0, 0.05) is 18.7 Å². The Morgan fingerprint density at radius 2 is 1.62 bits per heavy atom. The molecule has 0 aliphatic rings. The van der Waals surface area contributed by atoms with Crippen LogP contribution in [0.15, 0.2) is 42.5 Å². The molecule has 0 amide bonds. The van der Waals surface area contributed by atoms with Crippen molar-refractivity contribution in [3.05, 3.63) is 63.7 Å². The first-order valence-corrected chi connectivity index (χ1v) is 8.66. The van der Waals surface area contributed by atoms with Gasteiger partial charge in [0.25, 0.3) is 5.69 Å². The van der Waals surface area contributed by atoms with E-state index in [9.17, 15) is 10.1 Å². The number of hydrogen-bond donors (Lipinski definition) is 0. The maximum atomic E-state index is 10.7. The van der Waals surface area contributed by atoms with Crippen LogP contribution >= 0.6 is 0 Å². The van der Waals surface area contributed by atoms with Crippen LogP contribution in [0, 0.1) is 10.1 Å². The van der Waals surface area contributed by atoms with E-state index in [4.69, 9.17) is 9.47 Å². The van der Waals surface area contributed by atoms with Gasteiger partial charge in [0.1, 0.15) is 0 Å². The fourth-order valence-corrected chi connectivity index (χ4v) is 2.86. The second kappa shape index (κ2) is 9.77. The summed E-state index contributed by atoms with van der Waals surface area (Å²) in [5, 5.41) is 10.7. The predicted octanol–water partition coefficient (Wildman–Crippen LogP) is 4.07. The average molecular weight is 358 g/mol. The summed E-state index contributed by atoms with van der Waals surface area (Å²) in [5.74, 6) is 1.48. The first-order valence-electron chi connectivity index (χ1n) is 8.66. The molecule has 0 saturated heterocycles. The van der Waals surface area contributed by atoms with Crippen LogP contribution in [-0.4, -0.2) is 37.6 Å². The Labute approximate surface area is 154 Å². The van der Waals surface area contributed by atoms with E-state index in [1.807, 2.05) is 24.3 Å². The van der Waals surface area contributed by atoms with Crippen molar-refractivity contribution in [1.82, 2.24) is 4.90 Å². The minimum atomic E-state index is -0.368. The van der Waals surface area contributed by atoms with E-state index >= 15 is 0 Å². The number of non-ortho nitro benzene ring substituents is 1. The van der Waals surface area contributed by atoms with Crippen LogP contribution in [0.3, 0.4) is 0 Å². The van der Waals surface area contributed by atoms with Gasteiger partial charge in [0.05, 0.1) is 19.1 Å². The van der Waals surface area contributed by atoms with E-state index in [2.05, 4.69) is 18.0 Å². The molecule has 0 aliphatic heterocycles. The van der Waals surface area contributed by atoms with Gasteiger partial charge >= 0.3 is 0 Å². The van der Waals surface area contributed by atoms with Gasteiger partial charge in [0.15, 0.2) is 11.5 Å². The number of benzene rings is 2. The molecule has 140 valence electrons. The number of nitro benzene ring substituents is 1. The molecule has 0 aromatic heterocycles. The Kier molecular flexibility index (Phi) is 7.41. The van der Waals surface area contributed by atoms with Crippen molar-refractivity contribution in [2.24, 2.45) is 0 Å². The van der Waals surface area contributed by atoms with Gasteiger partial charge in [-0.15, -0.1) is 0 Å². The second-order valence-corrected chi connectivity index (χ2v) is 6.31. The third kappa shape index (κ3) is 5.74. The first-order chi connectivity index (χ1) is 12.5. The molecule has 26 heavy (non-hydrogen) atoms. The Morgan fingerprint density at radius 1 is 0.962 bits per heavy atom. The fourth-order valence-electron chi connectivity index (χ4n) is 2.86. The molecule has 0 atom stereocenters. The number of aryl methyl sites for hydroxylation is 1. The zero-order valence-corrected chi connectivity index (χ0v) is 15.6. The minimum Gasteiger partial charge on any atom is -0.493 e. The van der Waals surface area contributed by atoms with E-state index in [-0.39, 0.29) is 10.6 Å². The standard InChI is InChI=1S/C20H26N2O4/c1-21(15-17-9-12-19(25-2)20(14-17)26-3)13-5-4-6-16-7-10-18(11-8-16)22(23)24/h7-12,14H,4-6,13,15H2,1-3H3. The van der Waals surface area contributed by atoms with Gasteiger partial charge in [-0.3, -0.25) is 10.1 Å². The van der Waals surface area contributed by atoms with Crippen LogP contribution in [0.1, 0.15) is 24.0 Å². The average Bonchev–Trinajstić information content (AvgIpc) is 2.65. The molecule has 0 N–H and O–H groups in total. The Morgan fingerprint density at radius 3 is 2.23 bits per heavy atom. The molecule has 0 spiro atoms. The molecule has 0 saturated carbocycles. The summed E-state index contributed by atoms with van der Waals surface area (Å²) >= 11 is 0. The van der Waals surface area contributed by atoms with Gasteiger partial charge in [-0.05, 0) is 56.1 Å². The van der Waals surface area contributed by atoms with Gasteiger partial charge in [-0.25, -0.2) is 0 Å². The van der Waals surface area contributed by atoms with Gasteiger partial charge in [-0.2, -0.15) is 0 Å². The summed E-state index contributed by atoms with van der Waals surface area (Å²) < 4.78 is 10.6. The number of ether oxygens (including phenoxy) is 2. The molecule has 2 rings (SSSR count). The highest BCUT2D eigenvalue weighted by Crippen LogP contribution is 2.27. The van der Waals surface area contributed by atoms with Crippen molar-refractivity contribution in [1.29, 1.82) is 0 Å². The largest absolute Gasteiger partial charge is 0.493 e. The lowest BCUT2D eigenvalue weighted by Gasteiger charge is -2.17. The third-order valence-electron chi connectivity index (χ3n) is 4.30. The van der Waals surface area contributed by atoms with E-state index in [1.54, 1.807) is 26.4 Å². The summed E-state index contributed by atoms with van der Waals surface area (Å²) in [6.45, 7) is 1.83. The zero-order chi connectivity index (χ0) is 18.9. The van der Waals surface area contributed by atoms with Crippen molar-refractivity contribution in [3.63, 3.8) is 0 Å². The summed E-state index contributed by atoms with van der Waals surface area (Å²) in [4.78, 5) is 12.6. The Balaban J connectivity index is 1.75. The van der Waals surface area contributed by atoms with E-state index in [1.165, 1.54) is 5.56 Å². The normalized spacial score (nSPS) is 10.8. The quantitative estimate of drug-likeness (QED) is 0.364. The number of nitro groups is 1. The molecular formula is C20H26N2O4. The highest BCUT2D eigenvalue weighted by atomic mass is 16.6. The van der Waals surface area contributed by atoms with Gasteiger partial charge in [0.2, 0.25) is 0 Å². The summed E-state index contributed by atoms with van der Waals surface area (Å²) in [6, 6.07) is 12.8. The van der Waals surface area contributed by atoms with Crippen molar-refractivity contribution >= 4 is 5.69 Å². The molecule has 6 nitrogen and oxygen atoms in total. The zero-order valence-electron chi connectivity index (χ0n) is 15.6. The first kappa shape index (κ1) is 19.7. The van der Waals surface area contributed by atoms with Crippen molar-refractivity contribution < 1.29 is 14.4 Å². The Hall–Kier alpha value is -2.60. The molecule has 2 aromatic carbocycles. The van der Waals surface area contributed by atoms with Crippen LogP contribution in [-0.2, 0) is 13.0 Å². The number of hydrogen-bond acceptors (Lipinski definition) is 5. The maximum absolute atomic E-state index is 10.7. The van der Waals surface area contributed by atoms with Crippen LogP contribution in [0.25, 0.3) is 0 Å². The minimum absolute atomic E-state index is 0.142. The van der Waals surface area contributed by atoms with Crippen molar-refractivity contribution in [2.75, 3.05) is 27.8 Å². The molecular weight excluding hydrogens is 332 g/mol. The highest BCUT2D eigenvalue weighted by molar-refractivity contribution is 5.42. The van der Waals surface area contributed by atoms with E-state index in [0.29, 0.717) is 0 Å². The van der Waals surface area contributed by atoms with E-state index < -0.39 is 0 Å². The maximum Gasteiger partial charge on any atom is 0.269 e. The Bertz CT molecular complexity index is 716. The van der Waals surface area contributed by atoms with Gasteiger partial charge < -0.3 is 14.4 Å². The summed E-state index contributed by atoms with van der Waals surface area (Å²) in [7, 11) is 5.38. The van der Waals surface area contributed by atoms with Crippen molar-refractivity contribution in [3.8, 4) is 11.5 Å². The number of rotatable bonds is 10. The lowest BCUT2D eigenvalue weighted by molar-refractivity contribution is -0.384. The van der Waals surface area contributed by atoms with E-state index in [0.717, 1.165) is 49.4 Å². The number of methoxy groups -OCH3 is 2. The number of nitrogens with zero attached hydrogens (tertiary/aromatic N) is 2.